The maximum absolute atomic E-state index is 13.6. The highest BCUT2D eigenvalue weighted by Crippen LogP contribution is 2.54. The summed E-state index contributed by atoms with van der Waals surface area (Å²) >= 11 is 0. The molecule has 3 heterocycles. The minimum Gasteiger partial charge on any atom is -0.375 e. The van der Waals surface area contributed by atoms with Gasteiger partial charge < -0.3 is 19.9 Å². The van der Waals surface area contributed by atoms with Crippen molar-refractivity contribution in [3.63, 3.8) is 0 Å². The second kappa shape index (κ2) is 9.23. The minimum absolute atomic E-state index is 0.0681. The molecule has 198 valence electrons. The van der Waals surface area contributed by atoms with Gasteiger partial charge in [-0.3, -0.25) is 4.79 Å². The van der Waals surface area contributed by atoms with Crippen LogP contribution < -0.4 is 15.1 Å². The van der Waals surface area contributed by atoms with Crippen molar-refractivity contribution in [2.24, 2.45) is 5.41 Å². The van der Waals surface area contributed by atoms with E-state index in [1.807, 2.05) is 19.9 Å². The van der Waals surface area contributed by atoms with E-state index in [9.17, 15) is 9.00 Å². The fourth-order valence-corrected chi connectivity index (χ4v) is 7.33. The number of anilines is 3. The number of nitrogens with one attached hydrogen (secondary N) is 2. The molecule has 2 aliphatic heterocycles. The molecule has 0 radical (unpaired) electrons. The third kappa shape index (κ3) is 5.05. The molecular formula is C27H36N6O3S. The van der Waals surface area contributed by atoms with Crippen molar-refractivity contribution < 1.29 is 13.7 Å². The summed E-state index contributed by atoms with van der Waals surface area (Å²) in [5.41, 5.74) is 2.58. The number of aryl methyl sites for hydroxylation is 1. The van der Waals surface area contributed by atoms with Crippen LogP contribution in [0.25, 0.3) is 0 Å². The van der Waals surface area contributed by atoms with Gasteiger partial charge in [-0.2, -0.15) is 4.98 Å². The van der Waals surface area contributed by atoms with E-state index < -0.39 is 9.73 Å². The normalized spacial score (nSPS) is 24.5. The van der Waals surface area contributed by atoms with E-state index in [0.29, 0.717) is 47.3 Å². The average Bonchev–Trinajstić information content (AvgIpc) is 3.80. The third-order valence-electron chi connectivity index (χ3n) is 8.29. The van der Waals surface area contributed by atoms with E-state index in [2.05, 4.69) is 25.1 Å². The van der Waals surface area contributed by atoms with Gasteiger partial charge in [0.05, 0.1) is 33.7 Å². The Morgan fingerprint density at radius 1 is 1.11 bits per heavy atom. The van der Waals surface area contributed by atoms with Gasteiger partial charge in [-0.1, -0.05) is 0 Å². The number of aromatic nitrogens is 2. The largest absolute Gasteiger partial charge is 0.375 e. The predicted molar refractivity (Wildman–Crippen MR) is 144 cm³/mol. The summed E-state index contributed by atoms with van der Waals surface area (Å²) in [6.45, 7) is 7.70. The Bertz CT molecular complexity index is 1310. The van der Waals surface area contributed by atoms with Crippen molar-refractivity contribution >= 4 is 33.1 Å². The molecule has 37 heavy (non-hydrogen) atoms. The molecule has 1 unspecified atom stereocenters. The molecule has 1 spiro atoms. The van der Waals surface area contributed by atoms with Crippen LogP contribution in [0.2, 0.25) is 0 Å². The van der Waals surface area contributed by atoms with Gasteiger partial charge >= 0.3 is 0 Å². The molecular weight excluding hydrogens is 488 g/mol. The molecule has 2 saturated carbocycles. The number of hydrogen-bond donors (Lipinski definition) is 2. The Kier molecular flexibility index (Phi) is 6.14. The van der Waals surface area contributed by atoms with Crippen molar-refractivity contribution in [2.75, 3.05) is 47.9 Å². The number of piperidine rings is 1. The number of carbonyl (C=O) groups is 1. The molecule has 2 saturated heterocycles. The quantitative estimate of drug-likeness (QED) is 0.582. The fourth-order valence-electron chi connectivity index (χ4n) is 5.59. The Morgan fingerprint density at radius 2 is 1.86 bits per heavy atom. The van der Waals surface area contributed by atoms with E-state index in [1.165, 1.54) is 12.8 Å². The number of benzene rings is 1. The Hall–Kier alpha value is -2.72. The van der Waals surface area contributed by atoms with Crippen LogP contribution >= 0.6 is 0 Å². The molecule has 2 aliphatic carbocycles. The van der Waals surface area contributed by atoms with E-state index in [1.54, 1.807) is 18.2 Å². The summed E-state index contributed by atoms with van der Waals surface area (Å²) < 4.78 is 27.4. The summed E-state index contributed by atoms with van der Waals surface area (Å²) in [6, 6.07) is 7.08. The Labute approximate surface area is 219 Å². The van der Waals surface area contributed by atoms with Crippen molar-refractivity contribution in [1.82, 2.24) is 9.97 Å². The topological polar surface area (TPSA) is 112 Å². The first-order valence-electron chi connectivity index (χ1n) is 13.4. The maximum Gasteiger partial charge on any atom is 0.258 e. The molecule has 2 atom stereocenters. The number of amides is 1. The first kappa shape index (κ1) is 24.6. The van der Waals surface area contributed by atoms with Gasteiger partial charge in [-0.25, -0.2) is 14.0 Å². The van der Waals surface area contributed by atoms with Crippen molar-refractivity contribution in [3.8, 4) is 0 Å². The van der Waals surface area contributed by atoms with Crippen LogP contribution in [0.4, 0.5) is 17.5 Å². The van der Waals surface area contributed by atoms with Crippen LogP contribution in [0.5, 0.6) is 0 Å². The van der Waals surface area contributed by atoms with E-state index in [-0.39, 0.29) is 17.3 Å². The lowest BCUT2D eigenvalue weighted by Crippen LogP contribution is -2.42. The highest BCUT2D eigenvalue weighted by atomic mass is 32.2. The number of ether oxygens (including phenoxy) is 1. The van der Waals surface area contributed by atoms with Crippen LogP contribution in [0.1, 0.15) is 61.5 Å². The Balaban J connectivity index is 1.29. The molecule has 9 nitrogen and oxygen atoms in total. The highest BCUT2D eigenvalue weighted by Gasteiger charge is 2.45. The number of morpholine rings is 1. The van der Waals surface area contributed by atoms with Gasteiger partial charge in [0, 0.05) is 48.1 Å². The molecule has 0 bridgehead atoms. The minimum atomic E-state index is -2.86. The van der Waals surface area contributed by atoms with Crippen LogP contribution in [-0.2, 0) is 14.5 Å². The molecule has 2 aromatic rings. The number of carbonyl (C=O) groups excluding carboxylic acids is 1. The molecule has 1 aromatic heterocycles. The van der Waals surface area contributed by atoms with Gasteiger partial charge in [-0.15, -0.1) is 0 Å². The van der Waals surface area contributed by atoms with Crippen LogP contribution in [0.15, 0.2) is 29.2 Å². The second-order valence-corrected chi connectivity index (χ2v) is 13.6. The lowest BCUT2D eigenvalue weighted by atomic mass is 9.93. The van der Waals surface area contributed by atoms with E-state index in [0.717, 1.165) is 50.2 Å². The first-order valence-corrected chi connectivity index (χ1v) is 15.0. The summed E-state index contributed by atoms with van der Waals surface area (Å²) in [6.07, 6.45) is 6.60. The summed E-state index contributed by atoms with van der Waals surface area (Å²) in [4.78, 5) is 27.7. The summed E-state index contributed by atoms with van der Waals surface area (Å²) in [5, 5.41) is 2.93. The number of nitrogens with zero attached hydrogens (tertiary/aromatic N) is 4. The first-order chi connectivity index (χ1) is 17.7. The summed E-state index contributed by atoms with van der Waals surface area (Å²) in [7, 11) is -2.86. The lowest BCUT2D eigenvalue weighted by Gasteiger charge is -2.35. The van der Waals surface area contributed by atoms with Gasteiger partial charge in [0.25, 0.3) is 5.91 Å². The van der Waals surface area contributed by atoms with Gasteiger partial charge in [0.15, 0.2) is 0 Å². The van der Waals surface area contributed by atoms with Crippen LogP contribution in [-0.4, -0.2) is 64.2 Å². The van der Waals surface area contributed by atoms with Crippen molar-refractivity contribution in [1.29, 1.82) is 4.78 Å². The monoisotopic (exact) mass is 524 g/mol. The molecule has 2 N–H and O–H groups in total. The third-order valence-corrected chi connectivity index (χ3v) is 10.7. The zero-order valence-electron chi connectivity index (χ0n) is 21.7. The molecule has 10 heteroatoms. The standard InChI is InChI=1S/C27H36N6O3S/c1-18-15-24(31-26(29-18)33-13-14-36-19(2)17-33)30-25(34)22-6-5-21(37(28,35)20-3-4-20)16-23(22)32-11-9-27(7-8-27)10-12-32/h5-6,15-16,19-20,28H,3-4,7-14,17H2,1-2H3,(H,29,30,31,34)/t19-,37?/m1/s1. The molecule has 4 fully saturated rings. The number of rotatable bonds is 6. The van der Waals surface area contributed by atoms with Crippen LogP contribution in [0, 0.1) is 17.1 Å². The predicted octanol–water partition coefficient (Wildman–Crippen LogP) is 4.21. The van der Waals surface area contributed by atoms with Gasteiger partial charge in [-0.05, 0) is 76.0 Å². The van der Waals surface area contributed by atoms with Crippen molar-refractivity contribution in [2.45, 2.75) is 68.6 Å². The zero-order valence-corrected chi connectivity index (χ0v) is 22.5. The molecule has 6 rings (SSSR count). The smallest absolute Gasteiger partial charge is 0.258 e. The SMILES string of the molecule is Cc1cc(NC(=O)c2ccc(S(=N)(=O)C3CC3)cc2N2CCC3(CC2)CC3)nc(N2CCO[C@H](C)C2)n1. The second-order valence-electron chi connectivity index (χ2n) is 11.2. The summed E-state index contributed by atoms with van der Waals surface area (Å²) in [5.74, 6) is 0.792. The van der Waals surface area contributed by atoms with Gasteiger partial charge in [0.2, 0.25) is 5.95 Å². The lowest BCUT2D eigenvalue weighted by molar-refractivity contribution is 0.0526. The van der Waals surface area contributed by atoms with E-state index in [4.69, 9.17) is 9.52 Å². The molecule has 1 amide bonds. The fraction of sp³-hybridized carbons (Fsp3) is 0.593. The Morgan fingerprint density at radius 3 is 2.54 bits per heavy atom. The highest BCUT2D eigenvalue weighted by molar-refractivity contribution is 7.93. The average molecular weight is 525 g/mol. The molecule has 4 aliphatic rings. The van der Waals surface area contributed by atoms with Crippen molar-refractivity contribution in [3.05, 3.63) is 35.5 Å². The zero-order chi connectivity index (χ0) is 25.8. The number of hydrogen-bond acceptors (Lipinski definition) is 8. The molecule has 1 aromatic carbocycles. The van der Waals surface area contributed by atoms with Gasteiger partial charge in [0.1, 0.15) is 5.82 Å². The van der Waals surface area contributed by atoms with E-state index >= 15 is 0 Å². The van der Waals surface area contributed by atoms with Crippen LogP contribution in [0.3, 0.4) is 0 Å². The maximum atomic E-state index is 13.6.